The lowest BCUT2D eigenvalue weighted by Gasteiger charge is -1.65. The third-order valence-corrected chi connectivity index (χ3v) is 0. The van der Waals surface area contributed by atoms with Crippen molar-refractivity contribution in [2.24, 2.45) is 0 Å². The molecule has 0 saturated carbocycles. The highest BCUT2D eigenvalue weighted by Crippen LogP contribution is 1.56. The molecule has 0 aliphatic rings. The van der Waals surface area contributed by atoms with E-state index in [0.29, 0.717) is 0 Å². The molecule has 0 spiro atoms. The maximum absolute atomic E-state index is 3.47. The third kappa shape index (κ3) is 1160. The van der Waals surface area contributed by atoms with Crippen LogP contribution in [0.15, 0.2) is 0 Å². The minimum atomic E-state index is 1.25. The summed E-state index contributed by atoms with van der Waals surface area (Å²) in [5.41, 5.74) is 0. The second kappa shape index (κ2) is 16.2. The molecular formula is C9H24N2+2. The molecule has 2 heteroatoms. The Morgan fingerprint density at radius 1 is 0.818 bits per heavy atom. The first-order valence-electron chi connectivity index (χ1n) is 3.84. The van der Waals surface area contributed by atoms with E-state index in [9.17, 15) is 0 Å². The molecular weight excluding hydrogens is 136 g/mol. The molecule has 0 aromatic heterocycles. The molecule has 0 bridgehead atoms. The Morgan fingerprint density at radius 3 is 0.818 bits per heavy atom. The van der Waals surface area contributed by atoms with Gasteiger partial charge >= 0.3 is 0 Å². The van der Waals surface area contributed by atoms with Gasteiger partial charge in [0.2, 0.25) is 0 Å². The van der Waals surface area contributed by atoms with Gasteiger partial charge in [-0.1, -0.05) is 20.3 Å². The standard InChI is InChI=1S/2C3H8N.C3H8/c2*1-4(2)3;1-3-2/h2*1H2,2-3H3;3H2,1-2H3/q2*+1;. The Kier molecular flexibility index (Phi) is 24.6. The van der Waals surface area contributed by atoms with E-state index >= 15 is 0 Å². The van der Waals surface area contributed by atoms with Crippen molar-refractivity contribution < 1.29 is 9.15 Å². The Balaban J connectivity index is -0.0000000886. The van der Waals surface area contributed by atoms with Crippen LogP contribution in [-0.4, -0.2) is 50.8 Å². The summed E-state index contributed by atoms with van der Waals surface area (Å²) in [4.78, 5) is 0. The molecule has 0 aliphatic heterocycles. The van der Waals surface area contributed by atoms with Crippen LogP contribution in [-0.2, 0) is 0 Å². The summed E-state index contributed by atoms with van der Waals surface area (Å²) < 4.78 is 3.50. The topological polar surface area (TPSA) is 6.02 Å². The van der Waals surface area contributed by atoms with E-state index in [-0.39, 0.29) is 0 Å². The van der Waals surface area contributed by atoms with Crippen LogP contribution in [0.3, 0.4) is 0 Å². The zero-order chi connectivity index (χ0) is 9.86. The van der Waals surface area contributed by atoms with Crippen molar-refractivity contribution >= 4 is 13.4 Å². The summed E-state index contributed by atoms with van der Waals surface area (Å²) in [7, 11) is 7.56. The predicted octanol–water partition coefficient (Wildman–Crippen LogP) is 1.33. The summed E-state index contributed by atoms with van der Waals surface area (Å²) in [6.07, 6.45) is 1.25. The van der Waals surface area contributed by atoms with E-state index in [1.54, 1.807) is 9.15 Å². The molecule has 0 aromatic rings. The Bertz CT molecular complexity index is 75.7. The minimum absolute atomic E-state index is 1.25. The van der Waals surface area contributed by atoms with Crippen molar-refractivity contribution in [3.05, 3.63) is 0 Å². The molecule has 0 rings (SSSR count). The molecule has 0 saturated heterocycles. The third-order valence-electron chi connectivity index (χ3n) is 0. The lowest BCUT2D eigenvalue weighted by Crippen LogP contribution is -1.86. The first-order valence-corrected chi connectivity index (χ1v) is 3.84. The molecule has 0 unspecified atom stereocenters. The Morgan fingerprint density at radius 2 is 0.818 bits per heavy atom. The van der Waals surface area contributed by atoms with Crippen LogP contribution in [0.25, 0.3) is 0 Å². The van der Waals surface area contributed by atoms with Crippen LogP contribution in [0, 0.1) is 0 Å². The second-order valence-electron chi connectivity index (χ2n) is 2.87. The van der Waals surface area contributed by atoms with Gasteiger partial charge < -0.3 is 0 Å². The molecule has 0 heterocycles. The smallest absolute Gasteiger partial charge is 0.131 e. The molecule has 0 N–H and O–H groups in total. The van der Waals surface area contributed by atoms with Gasteiger partial charge in [-0.3, -0.25) is 0 Å². The number of nitrogens with zero attached hydrogens (tertiary/aromatic N) is 2. The number of hydrogen-bond acceptors (Lipinski definition) is 0. The molecule has 0 aliphatic carbocycles. The lowest BCUT2D eigenvalue weighted by molar-refractivity contribution is -0.454. The molecule has 0 radical (unpaired) electrons. The van der Waals surface area contributed by atoms with Crippen LogP contribution >= 0.6 is 0 Å². The van der Waals surface area contributed by atoms with E-state index in [1.165, 1.54) is 6.42 Å². The number of hydrogen-bond donors (Lipinski definition) is 0. The highest BCUT2D eigenvalue weighted by molar-refractivity contribution is 5.13. The highest BCUT2D eigenvalue weighted by atomic mass is 14.9. The summed E-state index contributed by atoms with van der Waals surface area (Å²) in [5.74, 6) is 0. The fraction of sp³-hybridized carbons (Fsp3) is 0.778. The van der Waals surface area contributed by atoms with Crippen LogP contribution < -0.4 is 0 Å². The van der Waals surface area contributed by atoms with Gasteiger partial charge in [-0.15, -0.1) is 0 Å². The summed E-state index contributed by atoms with van der Waals surface area (Å²) in [5, 5.41) is 0. The van der Waals surface area contributed by atoms with Crippen LogP contribution in [0.2, 0.25) is 0 Å². The largest absolute Gasteiger partial charge is 0.248 e. The monoisotopic (exact) mass is 160 g/mol. The zero-order valence-corrected chi connectivity index (χ0v) is 9.02. The molecule has 0 atom stereocenters. The normalized spacial score (nSPS) is 6.36. The van der Waals surface area contributed by atoms with Gasteiger partial charge in [0, 0.05) is 0 Å². The van der Waals surface area contributed by atoms with Gasteiger partial charge in [0.25, 0.3) is 0 Å². The Labute approximate surface area is 71.9 Å². The maximum Gasteiger partial charge on any atom is 0.131 e. The van der Waals surface area contributed by atoms with Gasteiger partial charge in [0.15, 0.2) is 0 Å². The summed E-state index contributed by atoms with van der Waals surface area (Å²) >= 11 is 0. The van der Waals surface area contributed by atoms with Crippen molar-refractivity contribution in [1.82, 2.24) is 0 Å². The maximum atomic E-state index is 3.47. The predicted molar refractivity (Wildman–Crippen MR) is 54.4 cm³/mol. The second-order valence-corrected chi connectivity index (χ2v) is 2.87. The van der Waals surface area contributed by atoms with Gasteiger partial charge in [0.1, 0.15) is 41.6 Å². The van der Waals surface area contributed by atoms with Crippen molar-refractivity contribution in [2.45, 2.75) is 20.3 Å². The van der Waals surface area contributed by atoms with Crippen LogP contribution in [0.5, 0.6) is 0 Å². The van der Waals surface area contributed by atoms with Gasteiger partial charge in [-0.05, 0) is 0 Å². The van der Waals surface area contributed by atoms with Crippen LogP contribution in [0.1, 0.15) is 20.3 Å². The summed E-state index contributed by atoms with van der Waals surface area (Å²) in [6, 6.07) is 0. The lowest BCUT2D eigenvalue weighted by atomic mass is 10.6. The molecule has 0 fully saturated rings. The molecule has 11 heavy (non-hydrogen) atoms. The van der Waals surface area contributed by atoms with Gasteiger partial charge in [0.05, 0.1) is 0 Å². The molecule has 0 aromatic carbocycles. The van der Waals surface area contributed by atoms with E-state index in [4.69, 9.17) is 0 Å². The van der Waals surface area contributed by atoms with Crippen molar-refractivity contribution in [2.75, 3.05) is 28.2 Å². The van der Waals surface area contributed by atoms with Gasteiger partial charge in [-0.25, -0.2) is 9.15 Å². The first kappa shape index (κ1) is 16.7. The molecule has 2 nitrogen and oxygen atoms in total. The van der Waals surface area contributed by atoms with Crippen molar-refractivity contribution in [3.63, 3.8) is 0 Å². The fourth-order valence-electron chi connectivity index (χ4n) is 0. The van der Waals surface area contributed by atoms with Crippen LogP contribution in [0.4, 0.5) is 0 Å². The van der Waals surface area contributed by atoms with E-state index in [1.807, 2.05) is 28.2 Å². The molecule has 0 amide bonds. The van der Waals surface area contributed by atoms with Crippen molar-refractivity contribution in [3.8, 4) is 0 Å². The number of rotatable bonds is 0. The van der Waals surface area contributed by atoms with E-state index < -0.39 is 0 Å². The van der Waals surface area contributed by atoms with Gasteiger partial charge in [-0.2, -0.15) is 0 Å². The quantitative estimate of drug-likeness (QED) is 0.372. The van der Waals surface area contributed by atoms with Crippen molar-refractivity contribution in [1.29, 1.82) is 0 Å². The zero-order valence-electron chi connectivity index (χ0n) is 9.02. The van der Waals surface area contributed by atoms with E-state index in [2.05, 4.69) is 27.3 Å². The SMILES string of the molecule is C=[N+](C)C.C=[N+](C)C.CCC. The fourth-order valence-corrected chi connectivity index (χ4v) is 0. The minimum Gasteiger partial charge on any atom is -0.248 e. The summed E-state index contributed by atoms with van der Waals surface area (Å²) in [6.45, 7) is 11.2. The average Bonchev–Trinajstić information content (AvgIpc) is 1.60. The molecule has 68 valence electrons. The highest BCUT2D eigenvalue weighted by Gasteiger charge is 1.54. The average molecular weight is 160 g/mol. The Hall–Kier alpha value is -0.660. The first-order chi connectivity index (χ1) is 4.88. The van der Waals surface area contributed by atoms with E-state index in [0.717, 1.165) is 0 Å².